The molecule has 0 radical (unpaired) electrons. The van der Waals surface area contributed by atoms with Crippen molar-refractivity contribution in [3.63, 3.8) is 0 Å². The zero-order chi connectivity index (χ0) is 23.8. The number of carboxylic acid groups (broad SMARTS) is 1. The minimum atomic E-state index is -0.787. The third-order valence-corrected chi connectivity index (χ3v) is 7.79. The van der Waals surface area contributed by atoms with Crippen molar-refractivity contribution in [2.75, 3.05) is 31.1 Å². The van der Waals surface area contributed by atoms with Crippen LogP contribution >= 0.6 is 0 Å². The normalized spacial score (nSPS) is 24.8. The molecule has 0 spiro atoms. The number of rotatable bonds is 4. The van der Waals surface area contributed by atoms with Crippen molar-refractivity contribution in [2.24, 2.45) is 10.8 Å². The van der Waals surface area contributed by atoms with Crippen molar-refractivity contribution < 1.29 is 24.3 Å². The SMILES string of the molecule is CC1(C(=O)O)CCN(C(=O)C2(C)CCN(c3ccc(C4CCC(=O)NC4=O)cn3)CC2)CC1. The number of imide groups is 1. The molecule has 0 aliphatic carbocycles. The summed E-state index contributed by atoms with van der Waals surface area (Å²) in [6, 6.07) is 3.80. The van der Waals surface area contributed by atoms with Crippen LogP contribution < -0.4 is 10.2 Å². The van der Waals surface area contributed by atoms with E-state index in [2.05, 4.69) is 15.2 Å². The number of amides is 3. The van der Waals surface area contributed by atoms with Gasteiger partial charge < -0.3 is 14.9 Å². The minimum Gasteiger partial charge on any atom is -0.481 e. The second kappa shape index (κ2) is 8.76. The highest BCUT2D eigenvalue weighted by Gasteiger charge is 2.44. The first-order valence-electron chi connectivity index (χ1n) is 11.7. The van der Waals surface area contributed by atoms with Crippen LogP contribution in [0.4, 0.5) is 5.82 Å². The first-order valence-corrected chi connectivity index (χ1v) is 11.7. The van der Waals surface area contributed by atoms with E-state index >= 15 is 0 Å². The highest BCUT2D eigenvalue weighted by molar-refractivity contribution is 6.00. The summed E-state index contributed by atoms with van der Waals surface area (Å²) in [5.74, 6) is -0.697. The molecule has 2 N–H and O–H groups in total. The lowest BCUT2D eigenvalue weighted by atomic mass is 9.76. The molecule has 178 valence electrons. The maximum Gasteiger partial charge on any atom is 0.309 e. The van der Waals surface area contributed by atoms with Gasteiger partial charge in [-0.2, -0.15) is 0 Å². The second-order valence-corrected chi connectivity index (χ2v) is 10.2. The standard InChI is InChI=1S/C24H32N4O5/c1-23(21(31)28-13-9-24(2,10-14-28)22(32)33)7-11-27(12-8-23)18-5-3-16(15-25-18)17-4-6-19(29)26-20(17)30/h3,5,15,17H,4,6-14H2,1-2H3,(H,32,33)(H,26,29,30). The molecule has 1 aromatic rings. The van der Waals surface area contributed by atoms with Crippen LogP contribution in [0.3, 0.4) is 0 Å². The van der Waals surface area contributed by atoms with Gasteiger partial charge in [-0.25, -0.2) is 4.98 Å². The van der Waals surface area contributed by atoms with Gasteiger partial charge in [0.1, 0.15) is 5.82 Å². The summed E-state index contributed by atoms with van der Waals surface area (Å²) in [5.41, 5.74) is -0.397. The molecule has 0 aromatic carbocycles. The number of carboxylic acids is 1. The van der Waals surface area contributed by atoms with E-state index in [1.807, 2.05) is 24.0 Å². The Morgan fingerprint density at radius 2 is 1.67 bits per heavy atom. The molecule has 1 unspecified atom stereocenters. The van der Waals surface area contributed by atoms with Crippen LogP contribution in [0.25, 0.3) is 0 Å². The van der Waals surface area contributed by atoms with Gasteiger partial charge in [-0.3, -0.25) is 24.5 Å². The van der Waals surface area contributed by atoms with Crippen molar-refractivity contribution in [3.8, 4) is 0 Å². The summed E-state index contributed by atoms with van der Waals surface area (Å²) < 4.78 is 0. The molecule has 0 saturated carbocycles. The average Bonchev–Trinajstić information content (AvgIpc) is 2.80. The van der Waals surface area contributed by atoms with Crippen molar-refractivity contribution in [2.45, 2.75) is 58.3 Å². The molecule has 4 heterocycles. The molecule has 4 rings (SSSR count). The molecular formula is C24H32N4O5. The molecule has 3 aliphatic heterocycles. The molecule has 9 heteroatoms. The number of pyridine rings is 1. The van der Waals surface area contributed by atoms with Crippen LogP contribution in [0.5, 0.6) is 0 Å². The fraction of sp³-hybridized carbons (Fsp3) is 0.625. The van der Waals surface area contributed by atoms with Gasteiger partial charge in [-0.1, -0.05) is 13.0 Å². The number of aliphatic carboxylic acids is 1. The maximum absolute atomic E-state index is 13.3. The molecule has 33 heavy (non-hydrogen) atoms. The Labute approximate surface area is 193 Å². The number of nitrogens with one attached hydrogen (secondary N) is 1. The Bertz CT molecular complexity index is 944. The van der Waals surface area contributed by atoms with E-state index in [1.165, 1.54) is 0 Å². The Morgan fingerprint density at radius 1 is 1.03 bits per heavy atom. The smallest absolute Gasteiger partial charge is 0.309 e. The van der Waals surface area contributed by atoms with Crippen molar-refractivity contribution in [1.29, 1.82) is 0 Å². The van der Waals surface area contributed by atoms with Crippen molar-refractivity contribution in [1.82, 2.24) is 15.2 Å². The first-order chi connectivity index (χ1) is 15.6. The van der Waals surface area contributed by atoms with Gasteiger partial charge >= 0.3 is 5.97 Å². The van der Waals surface area contributed by atoms with Crippen LogP contribution in [0, 0.1) is 10.8 Å². The van der Waals surface area contributed by atoms with Crippen molar-refractivity contribution in [3.05, 3.63) is 23.9 Å². The van der Waals surface area contributed by atoms with Gasteiger partial charge in [0.15, 0.2) is 0 Å². The summed E-state index contributed by atoms with van der Waals surface area (Å²) in [6.07, 6.45) is 4.92. The molecule has 3 aliphatic rings. The lowest BCUT2D eigenvalue weighted by molar-refractivity contribution is -0.155. The number of nitrogens with zero attached hydrogens (tertiary/aromatic N) is 3. The maximum atomic E-state index is 13.3. The van der Waals surface area contributed by atoms with Gasteiger partial charge in [0.05, 0.1) is 11.3 Å². The zero-order valence-corrected chi connectivity index (χ0v) is 19.3. The zero-order valence-electron chi connectivity index (χ0n) is 19.3. The van der Waals surface area contributed by atoms with Gasteiger partial charge in [0.2, 0.25) is 17.7 Å². The molecule has 0 bridgehead atoms. The van der Waals surface area contributed by atoms with E-state index in [4.69, 9.17) is 0 Å². The number of carbonyl (C=O) groups is 4. The molecule has 3 fully saturated rings. The molecule has 3 saturated heterocycles. The number of aromatic nitrogens is 1. The molecule has 9 nitrogen and oxygen atoms in total. The number of likely N-dealkylation sites (tertiary alicyclic amines) is 1. The molecule has 1 aromatic heterocycles. The Hall–Kier alpha value is -2.97. The van der Waals surface area contributed by atoms with E-state index in [1.54, 1.807) is 13.1 Å². The van der Waals surface area contributed by atoms with E-state index < -0.39 is 16.8 Å². The van der Waals surface area contributed by atoms with Crippen molar-refractivity contribution >= 4 is 29.5 Å². The highest BCUT2D eigenvalue weighted by Crippen LogP contribution is 2.38. The number of hydrogen-bond acceptors (Lipinski definition) is 6. The third kappa shape index (κ3) is 4.58. The number of anilines is 1. The Balaban J connectivity index is 1.33. The lowest BCUT2D eigenvalue weighted by Gasteiger charge is -2.44. The topological polar surface area (TPSA) is 120 Å². The summed E-state index contributed by atoms with van der Waals surface area (Å²) in [4.78, 5) is 56.7. The molecule has 3 amide bonds. The number of carbonyl (C=O) groups excluding carboxylic acids is 3. The van der Waals surface area contributed by atoms with Crippen LogP contribution in [0.1, 0.15) is 63.9 Å². The van der Waals surface area contributed by atoms with E-state index in [0.29, 0.717) is 64.7 Å². The predicted molar refractivity (Wildman–Crippen MR) is 120 cm³/mol. The average molecular weight is 457 g/mol. The monoisotopic (exact) mass is 456 g/mol. The quantitative estimate of drug-likeness (QED) is 0.664. The van der Waals surface area contributed by atoms with Crippen LogP contribution in [-0.2, 0) is 19.2 Å². The van der Waals surface area contributed by atoms with Crippen LogP contribution in [0.15, 0.2) is 18.3 Å². The lowest BCUT2D eigenvalue weighted by Crippen LogP contribution is -2.52. The van der Waals surface area contributed by atoms with Crippen LogP contribution in [0.2, 0.25) is 0 Å². The summed E-state index contributed by atoms with van der Waals surface area (Å²) in [7, 11) is 0. The number of hydrogen-bond donors (Lipinski definition) is 2. The largest absolute Gasteiger partial charge is 0.481 e. The summed E-state index contributed by atoms with van der Waals surface area (Å²) >= 11 is 0. The summed E-state index contributed by atoms with van der Waals surface area (Å²) in [6.45, 7) is 6.16. The minimum absolute atomic E-state index is 0.121. The third-order valence-electron chi connectivity index (χ3n) is 7.79. The molecule has 1 atom stereocenters. The first kappa shape index (κ1) is 23.2. The fourth-order valence-corrected chi connectivity index (χ4v) is 5.04. The van der Waals surface area contributed by atoms with Gasteiger partial charge in [0.25, 0.3) is 0 Å². The van der Waals surface area contributed by atoms with E-state index in [9.17, 15) is 24.3 Å². The van der Waals surface area contributed by atoms with Crippen LogP contribution in [-0.4, -0.2) is 64.9 Å². The van der Waals surface area contributed by atoms with Gasteiger partial charge in [-0.05, 0) is 50.7 Å². The number of piperidine rings is 3. The van der Waals surface area contributed by atoms with E-state index in [-0.39, 0.29) is 23.6 Å². The summed E-state index contributed by atoms with van der Waals surface area (Å²) in [5, 5.41) is 11.8. The fourth-order valence-electron chi connectivity index (χ4n) is 5.04. The van der Waals surface area contributed by atoms with E-state index in [0.717, 1.165) is 11.4 Å². The highest BCUT2D eigenvalue weighted by atomic mass is 16.4. The van der Waals surface area contributed by atoms with Gasteiger partial charge in [-0.15, -0.1) is 0 Å². The van der Waals surface area contributed by atoms with Gasteiger partial charge in [0, 0.05) is 44.2 Å². The Kier molecular flexibility index (Phi) is 6.16. The predicted octanol–water partition coefficient (Wildman–Crippen LogP) is 1.92. The molecular weight excluding hydrogens is 424 g/mol. The Morgan fingerprint density at radius 3 is 2.21 bits per heavy atom. The second-order valence-electron chi connectivity index (χ2n) is 10.2.